The summed E-state index contributed by atoms with van der Waals surface area (Å²) in [5.74, 6) is 0.116. The number of fused-ring (bicyclic) bond motifs is 1. The van der Waals surface area contributed by atoms with Crippen LogP contribution in [0.4, 0.5) is 4.39 Å². The molecule has 1 heterocycles. The Morgan fingerprint density at radius 2 is 2.00 bits per heavy atom. The van der Waals surface area contributed by atoms with E-state index < -0.39 is 0 Å². The van der Waals surface area contributed by atoms with Crippen LogP contribution in [0.5, 0.6) is 0 Å². The van der Waals surface area contributed by atoms with Crippen molar-refractivity contribution >= 4 is 10.9 Å². The fourth-order valence-corrected chi connectivity index (χ4v) is 1.55. The predicted molar refractivity (Wildman–Crippen MR) is 52.3 cm³/mol. The van der Waals surface area contributed by atoms with E-state index in [0.29, 0.717) is 5.52 Å². The molecule has 1 N–H and O–H groups in total. The molecule has 0 aliphatic rings. The SMILES string of the molecule is CC(C)c1ccc2cc[nH]c2c1F. The third-order valence-electron chi connectivity index (χ3n) is 2.32. The lowest BCUT2D eigenvalue weighted by atomic mass is 10.0. The summed E-state index contributed by atoms with van der Waals surface area (Å²) >= 11 is 0. The summed E-state index contributed by atoms with van der Waals surface area (Å²) in [7, 11) is 0. The van der Waals surface area contributed by atoms with Gasteiger partial charge >= 0.3 is 0 Å². The minimum Gasteiger partial charge on any atom is -0.359 e. The number of benzene rings is 1. The molecule has 0 spiro atoms. The highest BCUT2D eigenvalue weighted by Gasteiger charge is 2.10. The van der Waals surface area contributed by atoms with E-state index in [1.807, 2.05) is 32.0 Å². The molecule has 0 fully saturated rings. The molecule has 0 atom stereocenters. The third kappa shape index (κ3) is 1.22. The maximum Gasteiger partial charge on any atom is 0.150 e. The van der Waals surface area contributed by atoms with Crippen LogP contribution in [-0.2, 0) is 0 Å². The molecule has 2 aromatic rings. The Balaban J connectivity index is 2.73. The van der Waals surface area contributed by atoms with Crippen molar-refractivity contribution in [2.45, 2.75) is 19.8 Å². The average molecular weight is 177 g/mol. The van der Waals surface area contributed by atoms with Crippen molar-refractivity contribution in [3.05, 3.63) is 35.8 Å². The highest BCUT2D eigenvalue weighted by molar-refractivity contribution is 5.80. The molecular formula is C11H12FN. The van der Waals surface area contributed by atoms with E-state index >= 15 is 0 Å². The monoisotopic (exact) mass is 177 g/mol. The van der Waals surface area contributed by atoms with Gasteiger partial charge in [0.25, 0.3) is 0 Å². The fourth-order valence-electron chi connectivity index (χ4n) is 1.55. The maximum absolute atomic E-state index is 13.7. The second-order valence-electron chi connectivity index (χ2n) is 3.57. The molecule has 0 aliphatic carbocycles. The molecule has 0 unspecified atom stereocenters. The number of aromatic amines is 1. The molecule has 0 saturated carbocycles. The van der Waals surface area contributed by atoms with Crippen molar-refractivity contribution in [1.29, 1.82) is 0 Å². The molecule has 0 bridgehead atoms. The third-order valence-corrected chi connectivity index (χ3v) is 2.32. The van der Waals surface area contributed by atoms with E-state index in [1.54, 1.807) is 6.20 Å². The number of H-pyrrole nitrogens is 1. The molecule has 13 heavy (non-hydrogen) atoms. The van der Waals surface area contributed by atoms with Crippen molar-refractivity contribution in [3.63, 3.8) is 0 Å². The minimum atomic E-state index is -0.113. The normalized spacial score (nSPS) is 11.4. The van der Waals surface area contributed by atoms with E-state index in [1.165, 1.54) is 0 Å². The summed E-state index contributed by atoms with van der Waals surface area (Å²) in [5, 5.41) is 0.932. The molecule has 0 aliphatic heterocycles. The Bertz CT molecular complexity index is 429. The van der Waals surface area contributed by atoms with Gasteiger partial charge in [0.05, 0.1) is 5.52 Å². The quantitative estimate of drug-likeness (QED) is 0.686. The van der Waals surface area contributed by atoms with Crippen molar-refractivity contribution < 1.29 is 4.39 Å². The van der Waals surface area contributed by atoms with Crippen molar-refractivity contribution in [2.24, 2.45) is 0 Å². The molecule has 0 amide bonds. The Labute approximate surface area is 76.6 Å². The van der Waals surface area contributed by atoms with Crippen molar-refractivity contribution in [1.82, 2.24) is 4.98 Å². The van der Waals surface area contributed by atoms with Crippen LogP contribution in [0.1, 0.15) is 25.3 Å². The minimum absolute atomic E-state index is 0.113. The van der Waals surface area contributed by atoms with Gasteiger partial charge in [0.1, 0.15) is 0 Å². The van der Waals surface area contributed by atoms with Gasteiger partial charge in [-0.15, -0.1) is 0 Å². The van der Waals surface area contributed by atoms with E-state index in [-0.39, 0.29) is 11.7 Å². The standard InChI is InChI=1S/C11H12FN/c1-7(2)9-4-3-8-5-6-13-11(8)10(9)12/h3-7,13H,1-2H3. The number of halogens is 1. The number of nitrogens with one attached hydrogen (secondary N) is 1. The summed E-state index contributed by atoms with van der Waals surface area (Å²) in [6.45, 7) is 3.99. The first kappa shape index (κ1) is 8.30. The first-order chi connectivity index (χ1) is 6.20. The van der Waals surface area contributed by atoms with Gasteiger partial charge in [-0.1, -0.05) is 26.0 Å². The molecule has 1 nitrogen and oxygen atoms in total. The van der Waals surface area contributed by atoms with Crippen LogP contribution in [0.2, 0.25) is 0 Å². The summed E-state index contributed by atoms with van der Waals surface area (Å²) < 4.78 is 13.7. The van der Waals surface area contributed by atoms with Gasteiger partial charge in [-0.3, -0.25) is 0 Å². The number of hydrogen-bond donors (Lipinski definition) is 1. The summed E-state index contributed by atoms with van der Waals surface area (Å²) in [6, 6.07) is 5.68. The molecule has 2 heteroatoms. The van der Waals surface area contributed by atoms with E-state index in [9.17, 15) is 4.39 Å². The molecular weight excluding hydrogens is 165 g/mol. The van der Waals surface area contributed by atoms with Crippen molar-refractivity contribution in [2.75, 3.05) is 0 Å². The highest BCUT2D eigenvalue weighted by atomic mass is 19.1. The topological polar surface area (TPSA) is 15.8 Å². The van der Waals surface area contributed by atoms with E-state index in [2.05, 4.69) is 4.98 Å². The molecule has 68 valence electrons. The smallest absolute Gasteiger partial charge is 0.150 e. The lowest BCUT2D eigenvalue weighted by Gasteiger charge is -2.06. The van der Waals surface area contributed by atoms with E-state index in [4.69, 9.17) is 0 Å². The van der Waals surface area contributed by atoms with Gasteiger partial charge in [-0.2, -0.15) is 0 Å². The zero-order valence-corrected chi connectivity index (χ0v) is 7.76. The molecule has 2 rings (SSSR count). The van der Waals surface area contributed by atoms with E-state index in [0.717, 1.165) is 10.9 Å². The van der Waals surface area contributed by atoms with Crippen LogP contribution in [0.25, 0.3) is 10.9 Å². The Morgan fingerprint density at radius 3 is 2.69 bits per heavy atom. The molecule has 0 saturated heterocycles. The first-order valence-corrected chi connectivity index (χ1v) is 4.45. The van der Waals surface area contributed by atoms with Crippen LogP contribution < -0.4 is 0 Å². The molecule has 1 aromatic carbocycles. The fraction of sp³-hybridized carbons (Fsp3) is 0.273. The number of aromatic nitrogens is 1. The molecule has 1 aromatic heterocycles. The Hall–Kier alpha value is -1.31. The maximum atomic E-state index is 13.7. The number of hydrogen-bond acceptors (Lipinski definition) is 0. The Morgan fingerprint density at radius 1 is 1.23 bits per heavy atom. The first-order valence-electron chi connectivity index (χ1n) is 4.45. The van der Waals surface area contributed by atoms with Crippen LogP contribution in [0, 0.1) is 5.82 Å². The van der Waals surface area contributed by atoms with Gasteiger partial charge in [0.2, 0.25) is 0 Å². The van der Waals surface area contributed by atoms with Gasteiger partial charge < -0.3 is 4.98 Å². The summed E-state index contributed by atoms with van der Waals surface area (Å²) in [6.07, 6.45) is 1.76. The van der Waals surface area contributed by atoms with Gasteiger partial charge in [-0.25, -0.2) is 4.39 Å². The average Bonchev–Trinajstić information content (AvgIpc) is 2.52. The van der Waals surface area contributed by atoms with Crippen LogP contribution >= 0.6 is 0 Å². The lowest BCUT2D eigenvalue weighted by molar-refractivity contribution is 0.607. The number of rotatable bonds is 1. The summed E-state index contributed by atoms with van der Waals surface area (Å²) in [4.78, 5) is 2.91. The van der Waals surface area contributed by atoms with Crippen LogP contribution in [-0.4, -0.2) is 4.98 Å². The van der Waals surface area contributed by atoms with Gasteiger partial charge in [0.15, 0.2) is 5.82 Å². The zero-order valence-electron chi connectivity index (χ0n) is 7.76. The zero-order chi connectivity index (χ0) is 9.42. The Kier molecular flexibility index (Phi) is 1.83. The van der Waals surface area contributed by atoms with Crippen LogP contribution in [0.3, 0.4) is 0 Å². The second-order valence-corrected chi connectivity index (χ2v) is 3.57. The lowest BCUT2D eigenvalue weighted by Crippen LogP contribution is -1.93. The highest BCUT2D eigenvalue weighted by Crippen LogP contribution is 2.24. The van der Waals surface area contributed by atoms with Crippen LogP contribution in [0.15, 0.2) is 24.4 Å². The van der Waals surface area contributed by atoms with Gasteiger partial charge in [0, 0.05) is 11.6 Å². The second kappa shape index (κ2) is 2.87. The van der Waals surface area contributed by atoms with Crippen molar-refractivity contribution in [3.8, 4) is 0 Å². The van der Waals surface area contributed by atoms with Gasteiger partial charge in [-0.05, 0) is 17.5 Å². The summed E-state index contributed by atoms with van der Waals surface area (Å²) in [5.41, 5.74) is 1.39. The molecule has 0 radical (unpaired) electrons. The predicted octanol–water partition coefficient (Wildman–Crippen LogP) is 3.43. The largest absolute Gasteiger partial charge is 0.359 e.